The minimum absolute atomic E-state index is 0.0142. The average molecular weight is 341 g/mol. The Kier molecular flexibility index (Phi) is 3.77. The highest BCUT2D eigenvalue weighted by Crippen LogP contribution is 2.32. The average Bonchev–Trinajstić information content (AvgIpc) is 3.15. The molecular formula is C19H17ClN2O2. The largest absolute Gasteiger partial charge is 0.390 e. The number of nitrogens with zero attached hydrogens (tertiary/aromatic N) is 2. The molecule has 24 heavy (non-hydrogen) atoms. The van der Waals surface area contributed by atoms with Crippen molar-refractivity contribution in [2.24, 2.45) is 11.1 Å². The second-order valence-corrected chi connectivity index (χ2v) is 6.70. The molecule has 2 aliphatic rings. The van der Waals surface area contributed by atoms with Crippen molar-refractivity contribution in [1.82, 2.24) is 4.90 Å². The number of aryl methyl sites for hydroxylation is 1. The second-order valence-electron chi connectivity index (χ2n) is 6.26. The van der Waals surface area contributed by atoms with Crippen LogP contribution in [0.5, 0.6) is 0 Å². The van der Waals surface area contributed by atoms with E-state index in [4.69, 9.17) is 16.4 Å². The van der Waals surface area contributed by atoms with Gasteiger partial charge in [-0.25, -0.2) is 0 Å². The zero-order valence-corrected chi connectivity index (χ0v) is 14.0. The SMILES string of the molecule is Cc1ccccc1C1=NOC2CN(C(=O)c3cccc(Cl)c3)CC12. The molecule has 0 aromatic heterocycles. The smallest absolute Gasteiger partial charge is 0.254 e. The Labute approximate surface area is 145 Å². The zero-order valence-electron chi connectivity index (χ0n) is 13.3. The summed E-state index contributed by atoms with van der Waals surface area (Å²) < 4.78 is 0. The van der Waals surface area contributed by atoms with Gasteiger partial charge in [-0.2, -0.15) is 0 Å². The van der Waals surface area contributed by atoms with E-state index in [1.165, 1.54) is 5.56 Å². The number of rotatable bonds is 2. The predicted octanol–water partition coefficient (Wildman–Crippen LogP) is 3.52. The van der Waals surface area contributed by atoms with Crippen molar-refractivity contribution in [1.29, 1.82) is 0 Å². The summed E-state index contributed by atoms with van der Waals surface area (Å²) in [5.74, 6) is 0.105. The van der Waals surface area contributed by atoms with Crippen LogP contribution in [0, 0.1) is 12.8 Å². The van der Waals surface area contributed by atoms with Gasteiger partial charge in [0.05, 0.1) is 18.2 Å². The minimum atomic E-state index is -0.0669. The fourth-order valence-corrected chi connectivity index (χ4v) is 3.60. The van der Waals surface area contributed by atoms with Crippen molar-refractivity contribution in [3.63, 3.8) is 0 Å². The number of benzene rings is 2. The van der Waals surface area contributed by atoms with E-state index in [0.717, 1.165) is 11.3 Å². The lowest BCUT2D eigenvalue weighted by Crippen LogP contribution is -2.30. The Hall–Kier alpha value is -2.33. The van der Waals surface area contributed by atoms with E-state index in [2.05, 4.69) is 24.2 Å². The van der Waals surface area contributed by atoms with Gasteiger partial charge in [0.1, 0.15) is 0 Å². The van der Waals surface area contributed by atoms with Gasteiger partial charge in [-0.1, -0.05) is 47.1 Å². The predicted molar refractivity (Wildman–Crippen MR) is 93.4 cm³/mol. The van der Waals surface area contributed by atoms with E-state index in [-0.39, 0.29) is 17.9 Å². The third kappa shape index (κ3) is 2.57. The molecule has 122 valence electrons. The molecule has 0 spiro atoms. The van der Waals surface area contributed by atoms with Gasteiger partial charge in [-0.05, 0) is 30.7 Å². The topological polar surface area (TPSA) is 41.9 Å². The molecule has 4 rings (SSSR count). The van der Waals surface area contributed by atoms with Crippen LogP contribution >= 0.6 is 11.6 Å². The third-order valence-electron chi connectivity index (χ3n) is 4.68. The summed E-state index contributed by atoms with van der Waals surface area (Å²) in [6.07, 6.45) is -0.0669. The molecule has 5 heteroatoms. The number of fused-ring (bicyclic) bond motifs is 1. The standard InChI is InChI=1S/C19H17ClN2O2/c1-12-5-2-3-8-15(12)18-16-10-22(11-17(16)24-21-18)19(23)13-6-4-7-14(20)9-13/h2-9,16-17H,10-11H2,1H3. The van der Waals surface area contributed by atoms with Crippen LogP contribution in [0.15, 0.2) is 53.7 Å². The summed E-state index contributed by atoms with van der Waals surface area (Å²) in [5.41, 5.74) is 3.82. The lowest BCUT2D eigenvalue weighted by atomic mass is 9.92. The molecule has 2 aromatic rings. The van der Waals surface area contributed by atoms with Crippen molar-refractivity contribution in [2.75, 3.05) is 13.1 Å². The monoisotopic (exact) mass is 340 g/mol. The number of oxime groups is 1. The molecule has 1 amide bonds. The summed E-state index contributed by atoms with van der Waals surface area (Å²) in [5, 5.41) is 4.86. The minimum Gasteiger partial charge on any atom is -0.390 e. The summed E-state index contributed by atoms with van der Waals surface area (Å²) in [4.78, 5) is 20.1. The highest BCUT2D eigenvalue weighted by atomic mass is 35.5. The van der Waals surface area contributed by atoms with E-state index in [1.807, 2.05) is 17.0 Å². The van der Waals surface area contributed by atoms with Crippen molar-refractivity contribution in [2.45, 2.75) is 13.0 Å². The van der Waals surface area contributed by atoms with Gasteiger partial charge in [-0.3, -0.25) is 4.79 Å². The molecule has 2 heterocycles. The third-order valence-corrected chi connectivity index (χ3v) is 4.92. The van der Waals surface area contributed by atoms with E-state index < -0.39 is 0 Å². The molecule has 0 saturated carbocycles. The van der Waals surface area contributed by atoms with Gasteiger partial charge >= 0.3 is 0 Å². The molecule has 2 unspecified atom stereocenters. The lowest BCUT2D eigenvalue weighted by Gasteiger charge is -2.17. The first-order chi connectivity index (χ1) is 11.6. The number of halogens is 1. The van der Waals surface area contributed by atoms with Gasteiger partial charge in [0, 0.05) is 22.7 Å². The van der Waals surface area contributed by atoms with Crippen molar-refractivity contribution in [3.05, 3.63) is 70.2 Å². The maximum absolute atomic E-state index is 12.7. The van der Waals surface area contributed by atoms with Crippen LogP contribution in [-0.2, 0) is 4.84 Å². The van der Waals surface area contributed by atoms with Gasteiger partial charge in [0.2, 0.25) is 0 Å². The number of amides is 1. The number of carbonyl (C=O) groups excluding carboxylic acids is 1. The molecule has 2 aromatic carbocycles. The van der Waals surface area contributed by atoms with Gasteiger partial charge in [0.15, 0.2) is 6.10 Å². The van der Waals surface area contributed by atoms with E-state index in [0.29, 0.717) is 23.7 Å². The Morgan fingerprint density at radius 2 is 2.04 bits per heavy atom. The Bertz CT molecular complexity index is 834. The summed E-state index contributed by atoms with van der Waals surface area (Å²) >= 11 is 6.00. The first-order valence-electron chi connectivity index (χ1n) is 7.98. The van der Waals surface area contributed by atoms with Crippen molar-refractivity contribution < 1.29 is 9.63 Å². The lowest BCUT2D eigenvalue weighted by molar-refractivity contribution is 0.0631. The Morgan fingerprint density at radius 1 is 1.21 bits per heavy atom. The van der Waals surface area contributed by atoms with Gasteiger partial charge in [0.25, 0.3) is 5.91 Å². The van der Waals surface area contributed by atoms with E-state index >= 15 is 0 Å². The molecule has 0 radical (unpaired) electrons. The second kappa shape index (κ2) is 5.95. The van der Waals surface area contributed by atoms with Crippen LogP contribution in [-0.4, -0.2) is 35.7 Å². The van der Waals surface area contributed by atoms with Crippen molar-refractivity contribution >= 4 is 23.2 Å². The quantitative estimate of drug-likeness (QED) is 0.839. The first-order valence-corrected chi connectivity index (χ1v) is 8.36. The molecule has 4 nitrogen and oxygen atoms in total. The summed E-state index contributed by atoms with van der Waals surface area (Å²) in [6, 6.07) is 15.2. The highest BCUT2D eigenvalue weighted by molar-refractivity contribution is 6.31. The summed E-state index contributed by atoms with van der Waals surface area (Å²) in [7, 11) is 0. The van der Waals surface area contributed by atoms with Crippen LogP contribution in [0.1, 0.15) is 21.5 Å². The summed E-state index contributed by atoms with van der Waals surface area (Å²) in [6.45, 7) is 3.23. The molecule has 0 N–H and O–H groups in total. The zero-order chi connectivity index (χ0) is 16.7. The van der Waals surface area contributed by atoms with E-state index in [9.17, 15) is 4.79 Å². The van der Waals surface area contributed by atoms with E-state index in [1.54, 1.807) is 24.3 Å². The van der Waals surface area contributed by atoms with Crippen molar-refractivity contribution in [3.8, 4) is 0 Å². The fraction of sp³-hybridized carbons (Fsp3) is 0.263. The molecular weight excluding hydrogens is 324 g/mol. The number of likely N-dealkylation sites (tertiary alicyclic amines) is 1. The maximum Gasteiger partial charge on any atom is 0.254 e. The molecule has 2 aliphatic heterocycles. The van der Waals surface area contributed by atoms with Crippen LogP contribution < -0.4 is 0 Å². The number of carbonyl (C=O) groups is 1. The normalized spacial score (nSPS) is 22.1. The fourth-order valence-electron chi connectivity index (χ4n) is 3.41. The van der Waals surface area contributed by atoms with Crippen LogP contribution in [0.3, 0.4) is 0 Å². The molecule has 1 saturated heterocycles. The number of hydrogen-bond donors (Lipinski definition) is 0. The van der Waals surface area contributed by atoms with Gasteiger partial charge < -0.3 is 9.74 Å². The van der Waals surface area contributed by atoms with Crippen LogP contribution in [0.25, 0.3) is 0 Å². The number of hydrogen-bond acceptors (Lipinski definition) is 3. The van der Waals surface area contributed by atoms with Crippen LogP contribution in [0.2, 0.25) is 5.02 Å². The molecule has 1 fully saturated rings. The molecule has 0 bridgehead atoms. The molecule has 2 atom stereocenters. The van der Waals surface area contributed by atoms with Gasteiger partial charge in [-0.15, -0.1) is 0 Å². The Balaban J connectivity index is 1.56. The first kappa shape index (κ1) is 15.2. The highest BCUT2D eigenvalue weighted by Gasteiger charge is 2.44. The van der Waals surface area contributed by atoms with Crippen LogP contribution in [0.4, 0.5) is 0 Å². The Morgan fingerprint density at radius 3 is 2.83 bits per heavy atom. The molecule has 0 aliphatic carbocycles. The maximum atomic E-state index is 12.7.